The van der Waals surface area contributed by atoms with Crippen LogP contribution in [0.2, 0.25) is 0 Å². The van der Waals surface area contributed by atoms with Crippen LogP contribution in [0.25, 0.3) is 0 Å². The third-order valence-corrected chi connectivity index (χ3v) is 4.27. The SMILES string of the molecule is CC(=O)c1cccc(OC(C)C(=O)NC(c2ccccc2)C(C)C(=O)O)c1. The van der Waals surface area contributed by atoms with Gasteiger partial charge in [0, 0.05) is 5.56 Å². The molecule has 6 heteroatoms. The van der Waals surface area contributed by atoms with Crippen LogP contribution < -0.4 is 10.1 Å². The molecule has 0 aliphatic rings. The lowest BCUT2D eigenvalue weighted by Gasteiger charge is -2.25. The van der Waals surface area contributed by atoms with E-state index < -0.39 is 29.9 Å². The average molecular weight is 369 g/mol. The van der Waals surface area contributed by atoms with Crippen molar-refractivity contribution in [1.29, 1.82) is 0 Å². The van der Waals surface area contributed by atoms with Gasteiger partial charge in [0.25, 0.3) is 5.91 Å². The second kappa shape index (κ2) is 8.98. The standard InChI is InChI=1S/C21H23NO5/c1-13(21(25)26)19(16-8-5-4-6-9-16)22-20(24)15(3)27-18-11-7-10-17(12-18)14(2)23/h4-13,15,19H,1-3H3,(H,22,24)(H,25,26). The molecule has 2 aromatic carbocycles. The first-order valence-electron chi connectivity index (χ1n) is 8.65. The second-order valence-corrected chi connectivity index (χ2v) is 6.37. The van der Waals surface area contributed by atoms with Crippen molar-refractivity contribution >= 4 is 17.7 Å². The van der Waals surface area contributed by atoms with Gasteiger partial charge < -0.3 is 15.2 Å². The Morgan fingerprint density at radius 3 is 2.26 bits per heavy atom. The number of aliphatic carboxylic acids is 1. The van der Waals surface area contributed by atoms with Gasteiger partial charge in [0.1, 0.15) is 5.75 Å². The van der Waals surface area contributed by atoms with Crippen molar-refractivity contribution in [2.75, 3.05) is 0 Å². The third-order valence-electron chi connectivity index (χ3n) is 4.27. The molecule has 0 aromatic heterocycles. The molecule has 0 bridgehead atoms. The number of ketones is 1. The number of carbonyl (C=O) groups is 3. The van der Waals surface area contributed by atoms with E-state index in [1.54, 1.807) is 62.4 Å². The number of Topliss-reactive ketones (excluding diaryl/α,β-unsaturated/α-hetero) is 1. The minimum absolute atomic E-state index is 0.100. The van der Waals surface area contributed by atoms with Crippen molar-refractivity contribution in [3.8, 4) is 5.75 Å². The molecule has 0 saturated heterocycles. The monoisotopic (exact) mass is 369 g/mol. The molecule has 0 spiro atoms. The van der Waals surface area contributed by atoms with Crippen LogP contribution in [0.5, 0.6) is 5.75 Å². The predicted molar refractivity (Wildman–Crippen MR) is 101 cm³/mol. The van der Waals surface area contributed by atoms with Gasteiger partial charge in [0.05, 0.1) is 12.0 Å². The molecule has 3 unspecified atom stereocenters. The highest BCUT2D eigenvalue weighted by Gasteiger charge is 2.28. The highest BCUT2D eigenvalue weighted by molar-refractivity contribution is 5.94. The zero-order valence-electron chi connectivity index (χ0n) is 15.5. The maximum atomic E-state index is 12.6. The minimum Gasteiger partial charge on any atom is -0.481 e. The second-order valence-electron chi connectivity index (χ2n) is 6.37. The molecule has 0 saturated carbocycles. The van der Waals surface area contributed by atoms with Crippen molar-refractivity contribution in [1.82, 2.24) is 5.32 Å². The number of rotatable bonds is 8. The molecule has 1 amide bonds. The summed E-state index contributed by atoms with van der Waals surface area (Å²) < 4.78 is 5.63. The van der Waals surface area contributed by atoms with Gasteiger partial charge in [-0.3, -0.25) is 14.4 Å². The summed E-state index contributed by atoms with van der Waals surface area (Å²) in [6, 6.07) is 14.8. The van der Waals surface area contributed by atoms with Gasteiger partial charge in [-0.2, -0.15) is 0 Å². The largest absolute Gasteiger partial charge is 0.481 e. The van der Waals surface area contributed by atoms with E-state index in [1.165, 1.54) is 6.92 Å². The van der Waals surface area contributed by atoms with Crippen LogP contribution >= 0.6 is 0 Å². The molecule has 142 valence electrons. The molecule has 3 atom stereocenters. The van der Waals surface area contributed by atoms with Gasteiger partial charge >= 0.3 is 5.97 Å². The van der Waals surface area contributed by atoms with Crippen LogP contribution in [0.15, 0.2) is 54.6 Å². The molecule has 6 nitrogen and oxygen atoms in total. The first-order valence-corrected chi connectivity index (χ1v) is 8.65. The number of hydrogen-bond donors (Lipinski definition) is 2. The molecule has 0 aliphatic carbocycles. The van der Waals surface area contributed by atoms with Gasteiger partial charge in [0.2, 0.25) is 0 Å². The van der Waals surface area contributed by atoms with Crippen LogP contribution in [0.3, 0.4) is 0 Å². The Hall–Kier alpha value is -3.15. The molecule has 2 rings (SSSR count). The lowest BCUT2D eigenvalue weighted by atomic mass is 9.94. The fourth-order valence-corrected chi connectivity index (χ4v) is 2.62. The smallest absolute Gasteiger partial charge is 0.308 e. The summed E-state index contributed by atoms with van der Waals surface area (Å²) >= 11 is 0. The number of ether oxygens (including phenoxy) is 1. The van der Waals surface area contributed by atoms with Crippen molar-refractivity contribution in [2.24, 2.45) is 5.92 Å². The summed E-state index contributed by atoms with van der Waals surface area (Å²) in [5, 5.41) is 12.1. The Bertz CT molecular complexity index is 818. The Balaban J connectivity index is 2.13. The number of carboxylic acid groups (broad SMARTS) is 1. The topological polar surface area (TPSA) is 92.7 Å². The summed E-state index contributed by atoms with van der Waals surface area (Å²) in [4.78, 5) is 35.5. The quantitative estimate of drug-likeness (QED) is 0.697. The van der Waals surface area contributed by atoms with E-state index in [0.29, 0.717) is 16.9 Å². The molecule has 27 heavy (non-hydrogen) atoms. The van der Waals surface area contributed by atoms with Crippen LogP contribution in [0.1, 0.15) is 42.7 Å². The van der Waals surface area contributed by atoms with E-state index in [0.717, 1.165) is 0 Å². The van der Waals surface area contributed by atoms with Gasteiger partial charge in [-0.25, -0.2) is 0 Å². The number of nitrogens with one attached hydrogen (secondary N) is 1. The van der Waals surface area contributed by atoms with E-state index >= 15 is 0 Å². The molecule has 2 aromatic rings. The van der Waals surface area contributed by atoms with E-state index in [-0.39, 0.29) is 5.78 Å². The number of carboxylic acids is 1. The normalized spacial score (nSPS) is 13.9. The Labute approximate surface area is 158 Å². The predicted octanol–water partition coefficient (Wildman–Crippen LogP) is 3.23. The van der Waals surface area contributed by atoms with Gasteiger partial charge in [-0.05, 0) is 38.5 Å². The zero-order valence-corrected chi connectivity index (χ0v) is 15.5. The Kier molecular flexibility index (Phi) is 6.71. The van der Waals surface area contributed by atoms with Crippen molar-refractivity contribution in [3.05, 3.63) is 65.7 Å². The van der Waals surface area contributed by atoms with E-state index in [4.69, 9.17) is 4.74 Å². The average Bonchev–Trinajstić information content (AvgIpc) is 2.66. The zero-order chi connectivity index (χ0) is 20.0. The van der Waals surface area contributed by atoms with Gasteiger partial charge in [0.15, 0.2) is 11.9 Å². The molecular formula is C21H23NO5. The lowest BCUT2D eigenvalue weighted by molar-refractivity contribution is -0.142. The summed E-state index contributed by atoms with van der Waals surface area (Å²) in [6.45, 7) is 4.57. The minimum atomic E-state index is -1.01. The first-order chi connectivity index (χ1) is 12.8. The number of benzene rings is 2. The highest BCUT2D eigenvalue weighted by Crippen LogP contribution is 2.23. The molecule has 0 heterocycles. The van der Waals surface area contributed by atoms with Gasteiger partial charge in [-0.15, -0.1) is 0 Å². The highest BCUT2D eigenvalue weighted by atomic mass is 16.5. The van der Waals surface area contributed by atoms with Crippen LogP contribution in [-0.2, 0) is 9.59 Å². The van der Waals surface area contributed by atoms with E-state index in [1.807, 2.05) is 6.07 Å². The van der Waals surface area contributed by atoms with Crippen molar-refractivity contribution in [2.45, 2.75) is 32.9 Å². The maximum Gasteiger partial charge on any atom is 0.308 e. The maximum absolute atomic E-state index is 12.6. The summed E-state index contributed by atoms with van der Waals surface area (Å²) in [6.07, 6.45) is -0.862. The number of hydrogen-bond acceptors (Lipinski definition) is 4. The first kappa shape index (κ1) is 20.2. The van der Waals surface area contributed by atoms with Crippen molar-refractivity contribution in [3.63, 3.8) is 0 Å². The summed E-state index contributed by atoms with van der Waals surface area (Å²) in [5.74, 6) is -1.97. The van der Waals surface area contributed by atoms with E-state index in [2.05, 4.69) is 5.32 Å². The van der Waals surface area contributed by atoms with Crippen molar-refractivity contribution < 1.29 is 24.2 Å². The Morgan fingerprint density at radius 1 is 1.00 bits per heavy atom. The van der Waals surface area contributed by atoms with Crippen LogP contribution in [0, 0.1) is 5.92 Å². The lowest BCUT2D eigenvalue weighted by Crippen LogP contribution is -2.42. The molecule has 0 fully saturated rings. The number of amides is 1. The molecule has 2 N–H and O–H groups in total. The Morgan fingerprint density at radius 2 is 1.67 bits per heavy atom. The van der Waals surface area contributed by atoms with E-state index in [9.17, 15) is 19.5 Å². The summed E-state index contributed by atoms with van der Waals surface area (Å²) in [7, 11) is 0. The van der Waals surface area contributed by atoms with Gasteiger partial charge in [-0.1, -0.05) is 42.5 Å². The fourth-order valence-electron chi connectivity index (χ4n) is 2.62. The number of carbonyl (C=O) groups excluding carboxylic acids is 2. The summed E-state index contributed by atoms with van der Waals surface area (Å²) in [5.41, 5.74) is 1.19. The molecule has 0 aliphatic heterocycles. The molecule has 0 radical (unpaired) electrons. The third kappa shape index (κ3) is 5.41. The molecular weight excluding hydrogens is 346 g/mol. The van der Waals surface area contributed by atoms with Crippen LogP contribution in [0.4, 0.5) is 0 Å². The fraction of sp³-hybridized carbons (Fsp3) is 0.286. The van der Waals surface area contributed by atoms with Crippen LogP contribution in [-0.4, -0.2) is 28.9 Å².